The first-order valence-corrected chi connectivity index (χ1v) is 14.8. The largest absolute Gasteiger partial charge is 0.460 e. The van der Waals surface area contributed by atoms with Crippen molar-refractivity contribution in [3.8, 4) is 0 Å². The molecule has 0 saturated heterocycles. The molecule has 4 unspecified atom stereocenters. The second kappa shape index (κ2) is 9.45. The van der Waals surface area contributed by atoms with Crippen LogP contribution in [0.1, 0.15) is 101 Å². The predicted molar refractivity (Wildman–Crippen MR) is 149 cm³/mol. The van der Waals surface area contributed by atoms with Crippen LogP contribution < -0.4 is 0 Å². The summed E-state index contributed by atoms with van der Waals surface area (Å²) in [6.45, 7) is 16.1. The Morgan fingerprint density at radius 2 is 1.62 bits per heavy atom. The maximum Gasteiger partial charge on any atom is 0.303 e. The van der Waals surface area contributed by atoms with Crippen molar-refractivity contribution >= 4 is 17.5 Å². The lowest BCUT2D eigenvalue weighted by Crippen LogP contribution is -2.65. The summed E-state index contributed by atoms with van der Waals surface area (Å²) < 4.78 is 5.32. The van der Waals surface area contributed by atoms with Gasteiger partial charge >= 0.3 is 5.97 Å². The van der Waals surface area contributed by atoms with E-state index in [0.717, 1.165) is 5.57 Å². The molecule has 0 amide bonds. The normalized spacial score (nSPS) is 44.0. The van der Waals surface area contributed by atoms with Gasteiger partial charge in [0.2, 0.25) is 0 Å². The first kappa shape index (κ1) is 31.3. The Labute approximate surface area is 238 Å². The van der Waals surface area contributed by atoms with E-state index in [9.17, 15) is 34.8 Å². The molecule has 0 aromatic carbocycles. The smallest absolute Gasteiger partial charge is 0.303 e. The summed E-state index contributed by atoms with van der Waals surface area (Å²) in [7, 11) is 0. The average Bonchev–Trinajstić information content (AvgIpc) is 3.01. The molecule has 4 N–H and O–H groups in total. The van der Waals surface area contributed by atoms with Gasteiger partial charge in [0, 0.05) is 36.5 Å². The minimum absolute atomic E-state index is 0.0193. The molecular formula is C32H50O8. The maximum atomic E-state index is 14.3. The number of Topliss-reactive ketones (excluding diaryl/α,β-unsaturated/α-hetero) is 2. The fourth-order valence-electron chi connectivity index (χ4n) is 9.83. The van der Waals surface area contributed by atoms with E-state index < -0.39 is 68.8 Å². The molecule has 0 aromatic heterocycles. The quantitative estimate of drug-likeness (QED) is 0.285. The number of ketones is 2. The third-order valence-electron chi connectivity index (χ3n) is 12.2. The second-order valence-electron chi connectivity index (χ2n) is 15.4. The van der Waals surface area contributed by atoms with Crippen LogP contribution in [-0.4, -0.2) is 67.5 Å². The van der Waals surface area contributed by atoms with Crippen molar-refractivity contribution in [2.24, 2.45) is 39.4 Å². The summed E-state index contributed by atoms with van der Waals surface area (Å²) in [5.41, 5.74) is -4.68. The van der Waals surface area contributed by atoms with Gasteiger partial charge in [-0.1, -0.05) is 46.3 Å². The number of carbonyl (C=O) groups excluding carboxylic acids is 3. The minimum atomic E-state index is -1.89. The number of hydrogen-bond donors (Lipinski definition) is 4. The zero-order valence-corrected chi connectivity index (χ0v) is 25.7. The molecule has 0 bridgehead atoms. The highest BCUT2D eigenvalue weighted by molar-refractivity contribution is 5.90. The summed E-state index contributed by atoms with van der Waals surface area (Å²) >= 11 is 0. The van der Waals surface area contributed by atoms with E-state index in [4.69, 9.17) is 4.74 Å². The number of aliphatic hydroxyl groups is 4. The van der Waals surface area contributed by atoms with E-state index in [1.54, 1.807) is 13.8 Å². The first-order chi connectivity index (χ1) is 18.1. The van der Waals surface area contributed by atoms with Crippen molar-refractivity contribution < 1.29 is 39.5 Å². The van der Waals surface area contributed by atoms with Crippen LogP contribution in [0.3, 0.4) is 0 Å². The number of esters is 1. The van der Waals surface area contributed by atoms with Gasteiger partial charge in [-0.25, -0.2) is 0 Å². The zero-order valence-electron chi connectivity index (χ0n) is 25.7. The third-order valence-corrected chi connectivity index (χ3v) is 12.2. The molecule has 10 atom stereocenters. The topological polar surface area (TPSA) is 141 Å². The van der Waals surface area contributed by atoms with Gasteiger partial charge in [-0.3, -0.25) is 14.4 Å². The van der Waals surface area contributed by atoms with Crippen molar-refractivity contribution in [1.82, 2.24) is 0 Å². The fourth-order valence-corrected chi connectivity index (χ4v) is 9.83. The highest BCUT2D eigenvalue weighted by Gasteiger charge is 2.74. The Bertz CT molecular complexity index is 1120. The second-order valence-corrected chi connectivity index (χ2v) is 15.4. The lowest BCUT2D eigenvalue weighted by Gasteiger charge is -2.65. The standard InChI is InChI=1S/C32H50O8/c1-17(33)40-27(2,3)13-12-23(36)32(9,39)25-21(35)15-29(6)22-11-10-18-19(14-20(34)26(38)28(18,4)5)31(22,8)24(37)16-30(25,29)7/h10,19-22,25-26,34-35,38-39H,11-16H2,1-9H3/t19-,20?,21?,22-,25?,26?,29-,30+,31-,32-/m0/s1. The highest BCUT2D eigenvalue weighted by atomic mass is 16.6. The third kappa shape index (κ3) is 4.26. The van der Waals surface area contributed by atoms with E-state index in [1.807, 2.05) is 27.7 Å². The molecule has 0 heterocycles. The number of hydrogen-bond acceptors (Lipinski definition) is 8. The summed E-state index contributed by atoms with van der Waals surface area (Å²) in [4.78, 5) is 39.4. The summed E-state index contributed by atoms with van der Waals surface area (Å²) in [5, 5.41) is 45.0. The van der Waals surface area contributed by atoms with Crippen molar-refractivity contribution in [3.05, 3.63) is 11.6 Å². The van der Waals surface area contributed by atoms with E-state index in [-0.39, 0.29) is 36.9 Å². The van der Waals surface area contributed by atoms with Crippen LogP contribution in [0.15, 0.2) is 11.6 Å². The summed E-state index contributed by atoms with van der Waals surface area (Å²) in [5.74, 6) is -2.15. The molecule has 0 radical (unpaired) electrons. The molecule has 0 aliphatic heterocycles. The Morgan fingerprint density at radius 3 is 2.20 bits per heavy atom. The Morgan fingerprint density at radius 1 is 1.02 bits per heavy atom. The molecule has 8 nitrogen and oxygen atoms in total. The first-order valence-electron chi connectivity index (χ1n) is 14.8. The van der Waals surface area contributed by atoms with Crippen molar-refractivity contribution in [2.75, 3.05) is 0 Å². The van der Waals surface area contributed by atoms with Gasteiger partial charge in [0.25, 0.3) is 0 Å². The zero-order chi connectivity index (χ0) is 30.4. The molecule has 0 spiro atoms. The summed E-state index contributed by atoms with van der Waals surface area (Å²) in [6, 6.07) is 0. The van der Waals surface area contributed by atoms with E-state index in [0.29, 0.717) is 19.3 Å². The van der Waals surface area contributed by atoms with Gasteiger partial charge in [-0.2, -0.15) is 0 Å². The molecule has 226 valence electrons. The number of carbonyl (C=O) groups is 3. The van der Waals surface area contributed by atoms with Gasteiger partial charge in [-0.05, 0) is 69.1 Å². The molecule has 40 heavy (non-hydrogen) atoms. The van der Waals surface area contributed by atoms with Crippen LogP contribution in [0, 0.1) is 39.4 Å². The lowest BCUT2D eigenvalue weighted by molar-refractivity contribution is -0.188. The molecule has 4 aliphatic carbocycles. The number of rotatable bonds is 6. The molecule has 4 aliphatic rings. The number of aliphatic hydroxyl groups excluding tert-OH is 3. The van der Waals surface area contributed by atoms with Gasteiger partial charge in [0.15, 0.2) is 5.78 Å². The van der Waals surface area contributed by atoms with E-state index in [1.165, 1.54) is 13.8 Å². The monoisotopic (exact) mass is 562 g/mol. The molecule has 3 fully saturated rings. The van der Waals surface area contributed by atoms with Crippen LogP contribution in [0.25, 0.3) is 0 Å². The SMILES string of the molecule is CC(=O)OC(C)(C)CCC(=O)[C@](C)(O)C1C(O)C[C@@]2(C)[C@@H]3CC=C4[C@H](CC(O)C(O)C4(C)C)[C@]3(C)C(=O)C[C@]12C. The number of ether oxygens (including phenoxy) is 1. The van der Waals surface area contributed by atoms with E-state index in [2.05, 4.69) is 13.0 Å². The van der Waals surface area contributed by atoms with Crippen LogP contribution >= 0.6 is 0 Å². The van der Waals surface area contributed by atoms with E-state index >= 15 is 0 Å². The lowest BCUT2D eigenvalue weighted by atomic mass is 9.38. The van der Waals surface area contributed by atoms with Crippen LogP contribution in [0.5, 0.6) is 0 Å². The Kier molecular flexibility index (Phi) is 7.40. The Balaban J connectivity index is 1.70. The van der Waals surface area contributed by atoms with Gasteiger partial charge in [0.1, 0.15) is 17.0 Å². The van der Waals surface area contributed by atoms with Crippen LogP contribution in [-0.2, 0) is 19.1 Å². The fraction of sp³-hybridized carbons (Fsp3) is 0.844. The molecule has 8 heteroatoms. The minimum Gasteiger partial charge on any atom is -0.460 e. The summed E-state index contributed by atoms with van der Waals surface area (Å²) in [6.07, 6.45) is 0.776. The molecular weight excluding hydrogens is 512 g/mol. The molecule has 0 aromatic rings. The Hall–Kier alpha value is -1.61. The maximum absolute atomic E-state index is 14.3. The molecule has 4 rings (SSSR count). The van der Waals surface area contributed by atoms with Crippen LogP contribution in [0.2, 0.25) is 0 Å². The average molecular weight is 563 g/mol. The van der Waals surface area contributed by atoms with Crippen molar-refractivity contribution in [1.29, 1.82) is 0 Å². The van der Waals surface area contributed by atoms with Gasteiger partial charge in [-0.15, -0.1) is 0 Å². The van der Waals surface area contributed by atoms with Gasteiger partial charge < -0.3 is 25.2 Å². The number of allylic oxidation sites excluding steroid dienone is 1. The van der Waals surface area contributed by atoms with Crippen LogP contribution in [0.4, 0.5) is 0 Å². The van der Waals surface area contributed by atoms with Crippen molar-refractivity contribution in [3.63, 3.8) is 0 Å². The molecule has 3 saturated carbocycles. The number of fused-ring (bicyclic) bond motifs is 5. The van der Waals surface area contributed by atoms with Gasteiger partial charge in [0.05, 0.1) is 18.3 Å². The predicted octanol–water partition coefficient (Wildman–Crippen LogP) is 3.52. The van der Waals surface area contributed by atoms with Crippen molar-refractivity contribution in [2.45, 2.75) is 130 Å². The highest BCUT2D eigenvalue weighted by Crippen LogP contribution is 2.74.